The van der Waals surface area contributed by atoms with E-state index in [4.69, 9.17) is 27.9 Å². The molecule has 0 aromatic carbocycles. The van der Waals surface area contributed by atoms with E-state index in [1.54, 1.807) is 0 Å². The van der Waals surface area contributed by atoms with E-state index in [1.807, 2.05) is 0 Å². The largest absolute Gasteiger partial charge is 0.495 e. The monoisotopic (exact) mass is 524 g/mol. The topological polar surface area (TPSA) is 208 Å². The van der Waals surface area contributed by atoms with Gasteiger partial charge in [0.1, 0.15) is 18.1 Å². The number of carbonyl (C=O) groups is 1. The summed E-state index contributed by atoms with van der Waals surface area (Å²) in [6.07, 6.45) is 0.357. The normalized spacial score (nSPS) is 22.3. The number of rotatable bonds is 16. The third-order valence-corrected chi connectivity index (χ3v) is 6.63. The molecular weight excluding hydrogens is 496 g/mol. The van der Waals surface area contributed by atoms with Crippen LogP contribution in [0, 0.1) is 5.92 Å². The van der Waals surface area contributed by atoms with Crippen molar-refractivity contribution in [1.82, 2.24) is 0 Å². The van der Waals surface area contributed by atoms with E-state index >= 15 is 0 Å². The Morgan fingerprint density at radius 2 is 1.28 bits per heavy atom. The van der Waals surface area contributed by atoms with Crippen LogP contribution in [0.4, 0.5) is 0 Å². The molecular formula is C16H28O13S3. The van der Waals surface area contributed by atoms with Crippen LogP contribution in [0.5, 0.6) is 0 Å². The molecule has 32 heavy (non-hydrogen) atoms. The molecule has 0 radical (unpaired) electrons. The highest BCUT2D eigenvalue weighted by Gasteiger charge is 2.35. The first-order valence-electron chi connectivity index (χ1n) is 9.58. The third kappa shape index (κ3) is 13.4. The summed E-state index contributed by atoms with van der Waals surface area (Å²) in [5.41, 5.74) is 0. The Hall–Kier alpha value is -1.14. The highest BCUT2D eigenvalue weighted by molar-refractivity contribution is 7.86. The number of allylic oxidation sites excluding steroid dienone is 1. The smallest absolute Gasteiger partial charge is 0.264 e. The van der Waals surface area contributed by atoms with Crippen molar-refractivity contribution in [3.8, 4) is 0 Å². The van der Waals surface area contributed by atoms with E-state index in [2.05, 4.69) is 0 Å². The molecule has 1 unspecified atom stereocenters. The fourth-order valence-corrected chi connectivity index (χ4v) is 4.33. The SMILES string of the molecule is O=C[C@H]1C=C(OCCCS(=O)(=O)O)C(OCCCS(=O)(=O)O)[C@@H](OCCCS(=O)(=O)O)C1. The van der Waals surface area contributed by atoms with Crippen molar-refractivity contribution >= 4 is 36.6 Å². The molecule has 0 aromatic rings. The van der Waals surface area contributed by atoms with Gasteiger partial charge in [-0.25, -0.2) is 0 Å². The van der Waals surface area contributed by atoms with E-state index in [1.165, 1.54) is 6.08 Å². The fraction of sp³-hybridized carbons (Fsp3) is 0.812. The van der Waals surface area contributed by atoms with Gasteiger partial charge in [-0.1, -0.05) is 0 Å². The summed E-state index contributed by atoms with van der Waals surface area (Å²) in [5.74, 6) is -2.14. The minimum absolute atomic E-state index is 0.0369. The standard InChI is InChI=1S/C16H28O13S3/c17-12-13-10-14(27-4-1-7-30(18,19)20)16(29-6-3-9-32(24,25)26)15(11-13)28-5-2-8-31(21,22)23/h10,12-13,15-16H,1-9,11H2,(H,18,19,20)(H,21,22,23)(H,24,25,26)/t13-,15-,16?/m0/s1. The summed E-state index contributed by atoms with van der Waals surface area (Å²) in [4.78, 5) is 11.3. The number of hydrogen-bond donors (Lipinski definition) is 3. The van der Waals surface area contributed by atoms with Crippen LogP contribution in [0.3, 0.4) is 0 Å². The van der Waals surface area contributed by atoms with Gasteiger partial charge >= 0.3 is 0 Å². The van der Waals surface area contributed by atoms with Gasteiger partial charge in [-0.3, -0.25) is 13.7 Å². The minimum Gasteiger partial charge on any atom is -0.495 e. The van der Waals surface area contributed by atoms with Crippen LogP contribution in [0.1, 0.15) is 25.7 Å². The molecule has 1 rings (SSSR count). The second-order valence-electron chi connectivity index (χ2n) is 7.07. The van der Waals surface area contributed by atoms with Gasteiger partial charge in [-0.15, -0.1) is 0 Å². The first-order chi connectivity index (χ1) is 14.7. The molecule has 0 bridgehead atoms. The maximum atomic E-state index is 11.3. The quantitative estimate of drug-likeness (QED) is 0.135. The van der Waals surface area contributed by atoms with Gasteiger partial charge < -0.3 is 19.0 Å². The van der Waals surface area contributed by atoms with E-state index in [0.29, 0.717) is 6.29 Å². The molecule has 188 valence electrons. The van der Waals surface area contributed by atoms with Gasteiger partial charge in [0.15, 0.2) is 0 Å². The van der Waals surface area contributed by atoms with Crippen LogP contribution < -0.4 is 0 Å². The van der Waals surface area contributed by atoms with Crippen molar-refractivity contribution in [3.63, 3.8) is 0 Å². The maximum absolute atomic E-state index is 11.3. The summed E-state index contributed by atoms with van der Waals surface area (Å²) in [5, 5.41) is 0. The van der Waals surface area contributed by atoms with E-state index in [-0.39, 0.29) is 51.3 Å². The fourth-order valence-electron chi connectivity index (χ4n) is 2.88. The molecule has 0 saturated heterocycles. The Kier molecular flexibility index (Phi) is 11.7. The van der Waals surface area contributed by atoms with Gasteiger partial charge in [0.25, 0.3) is 30.4 Å². The number of hydrogen-bond acceptors (Lipinski definition) is 10. The Balaban J connectivity index is 2.85. The lowest BCUT2D eigenvalue weighted by molar-refractivity contribution is -0.116. The van der Waals surface area contributed by atoms with Crippen LogP contribution in [-0.4, -0.2) is 94.5 Å². The Bertz CT molecular complexity index is 938. The Labute approximate surface area is 187 Å². The first kappa shape index (κ1) is 28.9. The van der Waals surface area contributed by atoms with Crippen molar-refractivity contribution in [2.45, 2.75) is 37.9 Å². The van der Waals surface area contributed by atoms with Crippen molar-refractivity contribution in [2.75, 3.05) is 37.1 Å². The van der Waals surface area contributed by atoms with E-state index in [0.717, 1.165) is 0 Å². The predicted octanol–water partition coefficient (Wildman–Crippen LogP) is -0.290. The summed E-state index contributed by atoms with van der Waals surface area (Å²) in [6, 6.07) is 0. The summed E-state index contributed by atoms with van der Waals surface area (Å²) < 4.78 is 108. The first-order valence-corrected chi connectivity index (χ1v) is 14.4. The van der Waals surface area contributed by atoms with Crippen molar-refractivity contribution in [3.05, 3.63) is 11.8 Å². The lowest BCUT2D eigenvalue weighted by atomic mass is 9.91. The molecule has 16 heteroatoms. The Morgan fingerprint density at radius 1 is 0.812 bits per heavy atom. The molecule has 13 nitrogen and oxygen atoms in total. The third-order valence-electron chi connectivity index (χ3n) is 4.21. The molecule has 3 atom stereocenters. The van der Waals surface area contributed by atoms with Gasteiger partial charge in [-0.2, -0.15) is 25.3 Å². The molecule has 1 aliphatic carbocycles. The second-order valence-corrected chi connectivity index (χ2v) is 11.8. The zero-order chi connectivity index (χ0) is 24.4. The van der Waals surface area contributed by atoms with Crippen LogP contribution in [-0.2, 0) is 49.4 Å². The Morgan fingerprint density at radius 3 is 1.75 bits per heavy atom. The molecule has 1 aliphatic rings. The molecule has 0 aromatic heterocycles. The summed E-state index contributed by atoms with van der Waals surface area (Å²) >= 11 is 0. The molecule has 0 fully saturated rings. The van der Waals surface area contributed by atoms with Gasteiger partial charge in [0.2, 0.25) is 0 Å². The molecule has 3 N–H and O–H groups in total. The van der Waals surface area contributed by atoms with Crippen LogP contribution in [0.25, 0.3) is 0 Å². The van der Waals surface area contributed by atoms with Gasteiger partial charge in [0.05, 0.1) is 30.0 Å². The van der Waals surface area contributed by atoms with Gasteiger partial charge in [-0.05, 0) is 31.8 Å². The number of carbonyl (C=O) groups excluding carboxylic acids is 1. The molecule has 0 spiro atoms. The van der Waals surface area contributed by atoms with Crippen LogP contribution in [0.2, 0.25) is 0 Å². The molecule has 0 aliphatic heterocycles. The predicted molar refractivity (Wildman–Crippen MR) is 111 cm³/mol. The average molecular weight is 525 g/mol. The summed E-state index contributed by atoms with van der Waals surface area (Å²) in [7, 11) is -12.6. The molecule has 0 heterocycles. The number of ether oxygens (including phenoxy) is 3. The van der Waals surface area contributed by atoms with Crippen LogP contribution >= 0.6 is 0 Å². The lowest BCUT2D eigenvalue weighted by Crippen LogP contribution is -2.40. The highest BCUT2D eigenvalue weighted by atomic mass is 32.2. The van der Waals surface area contributed by atoms with Crippen molar-refractivity contribution in [2.24, 2.45) is 5.92 Å². The zero-order valence-electron chi connectivity index (χ0n) is 17.1. The average Bonchev–Trinajstić information content (AvgIpc) is 2.64. The summed E-state index contributed by atoms with van der Waals surface area (Å²) in [6.45, 7) is -0.374. The lowest BCUT2D eigenvalue weighted by Gasteiger charge is -2.34. The van der Waals surface area contributed by atoms with E-state index < -0.39 is 65.7 Å². The highest BCUT2D eigenvalue weighted by Crippen LogP contribution is 2.29. The molecule has 0 amide bonds. The second kappa shape index (κ2) is 12.9. The van der Waals surface area contributed by atoms with Gasteiger partial charge in [0, 0.05) is 19.1 Å². The van der Waals surface area contributed by atoms with Crippen molar-refractivity contribution < 1.29 is 57.9 Å². The van der Waals surface area contributed by atoms with Crippen molar-refractivity contribution in [1.29, 1.82) is 0 Å². The van der Waals surface area contributed by atoms with Crippen LogP contribution in [0.15, 0.2) is 11.8 Å². The van der Waals surface area contributed by atoms with E-state index in [9.17, 15) is 30.0 Å². The zero-order valence-corrected chi connectivity index (χ0v) is 19.6. The number of aldehydes is 1. The minimum atomic E-state index is -4.19. The maximum Gasteiger partial charge on any atom is 0.264 e. The molecule has 0 saturated carbocycles.